The zero-order valence-corrected chi connectivity index (χ0v) is 12.7. The molecule has 114 valence electrons. The van der Waals surface area contributed by atoms with Crippen LogP contribution in [0.2, 0.25) is 0 Å². The summed E-state index contributed by atoms with van der Waals surface area (Å²) < 4.78 is 0. The number of nitrogens with zero attached hydrogens (tertiary/aromatic N) is 2. The summed E-state index contributed by atoms with van der Waals surface area (Å²) >= 11 is 0. The Kier molecular flexibility index (Phi) is 3.47. The number of rotatable bonds is 3. The number of pyridine rings is 1. The Balaban J connectivity index is 1.55. The molecule has 0 radical (unpaired) electrons. The largest absolute Gasteiger partial charge is 0.385 e. The van der Waals surface area contributed by atoms with E-state index in [1.54, 1.807) is 6.20 Å². The minimum Gasteiger partial charge on any atom is -0.385 e. The molecule has 3 heteroatoms. The van der Waals surface area contributed by atoms with E-state index in [0.717, 1.165) is 24.9 Å². The zero-order chi connectivity index (χ0) is 15.0. The monoisotopic (exact) mass is 294 g/mol. The second-order valence-electron chi connectivity index (χ2n) is 6.72. The van der Waals surface area contributed by atoms with Crippen LogP contribution in [0.1, 0.15) is 36.8 Å². The molecule has 2 aromatic rings. The topological polar surface area (TPSA) is 36.4 Å². The molecule has 22 heavy (non-hydrogen) atoms. The Morgan fingerprint density at radius 2 is 1.77 bits per heavy atom. The van der Waals surface area contributed by atoms with Crippen LogP contribution in [0.4, 0.5) is 0 Å². The fourth-order valence-corrected chi connectivity index (χ4v) is 4.24. The van der Waals surface area contributed by atoms with Crippen LogP contribution in [-0.4, -0.2) is 27.1 Å². The summed E-state index contributed by atoms with van der Waals surface area (Å²) in [4.78, 5) is 6.79. The summed E-state index contributed by atoms with van der Waals surface area (Å²) in [5.41, 5.74) is 1.64. The van der Waals surface area contributed by atoms with Crippen LogP contribution >= 0.6 is 0 Å². The van der Waals surface area contributed by atoms with Crippen molar-refractivity contribution in [2.24, 2.45) is 0 Å². The van der Waals surface area contributed by atoms with Gasteiger partial charge in [0.15, 0.2) is 0 Å². The van der Waals surface area contributed by atoms with E-state index < -0.39 is 5.60 Å². The summed E-state index contributed by atoms with van der Waals surface area (Å²) in [5, 5.41) is 11.1. The molecule has 1 aromatic carbocycles. The number of aromatic nitrogens is 1. The van der Waals surface area contributed by atoms with Crippen LogP contribution in [0.15, 0.2) is 54.9 Å². The molecule has 2 fully saturated rings. The van der Waals surface area contributed by atoms with Gasteiger partial charge in [0.05, 0.1) is 5.60 Å². The van der Waals surface area contributed by atoms with Gasteiger partial charge in [-0.15, -0.1) is 0 Å². The van der Waals surface area contributed by atoms with Gasteiger partial charge in [-0.25, -0.2) is 0 Å². The lowest BCUT2D eigenvalue weighted by molar-refractivity contribution is -0.0597. The van der Waals surface area contributed by atoms with E-state index in [2.05, 4.69) is 40.2 Å². The molecule has 3 heterocycles. The lowest BCUT2D eigenvalue weighted by atomic mass is 9.81. The molecule has 2 bridgehead atoms. The van der Waals surface area contributed by atoms with Gasteiger partial charge in [-0.3, -0.25) is 9.88 Å². The van der Waals surface area contributed by atoms with Crippen LogP contribution in [0.3, 0.4) is 0 Å². The smallest absolute Gasteiger partial charge is 0.0941 e. The maximum atomic E-state index is 11.1. The molecule has 0 amide bonds. The molecule has 3 atom stereocenters. The van der Waals surface area contributed by atoms with Gasteiger partial charge in [0.2, 0.25) is 0 Å². The quantitative estimate of drug-likeness (QED) is 0.945. The van der Waals surface area contributed by atoms with E-state index in [4.69, 9.17) is 0 Å². The van der Waals surface area contributed by atoms with E-state index >= 15 is 0 Å². The number of hydrogen-bond acceptors (Lipinski definition) is 3. The predicted molar refractivity (Wildman–Crippen MR) is 86.2 cm³/mol. The average Bonchev–Trinajstić information content (AvgIpc) is 2.81. The van der Waals surface area contributed by atoms with Gasteiger partial charge in [0.1, 0.15) is 0 Å². The van der Waals surface area contributed by atoms with Crippen molar-refractivity contribution < 1.29 is 5.11 Å². The first-order valence-electron chi connectivity index (χ1n) is 8.17. The number of aliphatic hydroxyl groups is 1. The minimum absolute atomic E-state index is 0.476. The molecule has 4 rings (SSSR count). The first-order valence-corrected chi connectivity index (χ1v) is 8.17. The predicted octanol–water partition coefficient (Wildman–Crippen LogP) is 3.10. The van der Waals surface area contributed by atoms with Gasteiger partial charge >= 0.3 is 0 Å². The lowest BCUT2D eigenvalue weighted by Gasteiger charge is -2.44. The number of benzene rings is 1. The summed E-state index contributed by atoms with van der Waals surface area (Å²) in [5.74, 6) is 0. The summed E-state index contributed by atoms with van der Waals surface area (Å²) in [7, 11) is 0. The van der Waals surface area contributed by atoms with Crippen LogP contribution < -0.4 is 0 Å². The van der Waals surface area contributed by atoms with E-state index in [1.165, 1.54) is 18.4 Å². The Bertz CT molecular complexity index is 614. The van der Waals surface area contributed by atoms with Crippen molar-refractivity contribution in [1.29, 1.82) is 0 Å². The summed E-state index contributed by atoms with van der Waals surface area (Å²) in [6.07, 6.45) is 7.63. The lowest BCUT2D eigenvalue weighted by Crippen LogP contribution is -2.49. The van der Waals surface area contributed by atoms with E-state index in [0.29, 0.717) is 12.1 Å². The van der Waals surface area contributed by atoms with Crippen LogP contribution in [0.25, 0.3) is 0 Å². The third-order valence-corrected chi connectivity index (χ3v) is 5.32. The summed E-state index contributed by atoms with van der Waals surface area (Å²) in [6.45, 7) is 0.999. The second kappa shape index (κ2) is 5.49. The van der Waals surface area contributed by atoms with E-state index in [1.807, 2.05) is 18.3 Å². The Labute approximate surface area is 131 Å². The van der Waals surface area contributed by atoms with Gasteiger partial charge < -0.3 is 5.11 Å². The van der Waals surface area contributed by atoms with Crippen molar-refractivity contribution in [3.63, 3.8) is 0 Å². The maximum Gasteiger partial charge on any atom is 0.0941 e. The number of hydrogen-bond donors (Lipinski definition) is 1. The third kappa shape index (κ3) is 2.44. The molecule has 1 N–H and O–H groups in total. The molecule has 0 saturated carbocycles. The Hall–Kier alpha value is -1.71. The molecule has 0 unspecified atom stereocenters. The first-order chi connectivity index (χ1) is 10.7. The maximum absolute atomic E-state index is 11.1. The van der Waals surface area contributed by atoms with E-state index in [-0.39, 0.29) is 0 Å². The Morgan fingerprint density at radius 3 is 2.41 bits per heavy atom. The number of fused-ring (bicyclic) bond motifs is 2. The van der Waals surface area contributed by atoms with Crippen molar-refractivity contribution in [2.75, 3.05) is 0 Å². The highest BCUT2D eigenvalue weighted by Crippen LogP contribution is 2.45. The molecule has 0 spiro atoms. The Morgan fingerprint density at radius 1 is 1.05 bits per heavy atom. The highest BCUT2D eigenvalue weighted by Gasteiger charge is 2.48. The van der Waals surface area contributed by atoms with Crippen molar-refractivity contribution in [3.05, 3.63) is 66.0 Å². The third-order valence-electron chi connectivity index (χ3n) is 5.32. The van der Waals surface area contributed by atoms with Gasteiger partial charge in [-0.2, -0.15) is 0 Å². The van der Waals surface area contributed by atoms with Crippen molar-refractivity contribution in [3.8, 4) is 0 Å². The molecular formula is C19H22N2O. The molecule has 1 aromatic heterocycles. The SMILES string of the molecule is O[C@@]1(c2cccnc2)C[C@H]2CC[C@@H](C1)N2Cc1ccccc1. The fraction of sp³-hybridized carbons (Fsp3) is 0.421. The zero-order valence-electron chi connectivity index (χ0n) is 12.7. The van der Waals surface area contributed by atoms with Crippen LogP contribution in [-0.2, 0) is 12.1 Å². The molecule has 2 aliphatic rings. The fourth-order valence-electron chi connectivity index (χ4n) is 4.24. The van der Waals surface area contributed by atoms with Crippen LogP contribution in [0.5, 0.6) is 0 Å². The normalized spacial score (nSPS) is 31.3. The average molecular weight is 294 g/mol. The highest BCUT2D eigenvalue weighted by molar-refractivity contribution is 5.22. The van der Waals surface area contributed by atoms with Crippen molar-refractivity contribution in [1.82, 2.24) is 9.88 Å². The molecule has 2 aliphatic heterocycles. The van der Waals surface area contributed by atoms with Gasteiger partial charge in [0.25, 0.3) is 0 Å². The van der Waals surface area contributed by atoms with Gasteiger partial charge in [0, 0.05) is 36.6 Å². The van der Waals surface area contributed by atoms with Crippen LogP contribution in [0, 0.1) is 0 Å². The standard InChI is InChI=1S/C19H22N2O/c22-19(16-7-4-10-20-13-16)11-17-8-9-18(12-19)21(17)14-15-5-2-1-3-6-15/h1-7,10,13,17-18,22H,8-9,11-12,14H2/t17-,18+,19+. The molecule has 0 aliphatic carbocycles. The second-order valence-corrected chi connectivity index (χ2v) is 6.72. The molecular weight excluding hydrogens is 272 g/mol. The molecule has 3 nitrogen and oxygen atoms in total. The first kappa shape index (κ1) is 13.9. The van der Waals surface area contributed by atoms with Crippen molar-refractivity contribution in [2.45, 2.75) is 49.9 Å². The summed E-state index contributed by atoms with van der Waals surface area (Å²) in [6, 6.07) is 15.6. The highest BCUT2D eigenvalue weighted by atomic mass is 16.3. The molecule has 2 saturated heterocycles. The van der Waals surface area contributed by atoms with E-state index in [9.17, 15) is 5.11 Å². The van der Waals surface area contributed by atoms with Gasteiger partial charge in [-0.1, -0.05) is 36.4 Å². The van der Waals surface area contributed by atoms with Gasteiger partial charge in [-0.05, 0) is 37.3 Å². The van der Waals surface area contributed by atoms with Crippen molar-refractivity contribution >= 4 is 0 Å². The minimum atomic E-state index is -0.701. The number of piperidine rings is 1.